The van der Waals surface area contributed by atoms with Crippen LogP contribution in [-0.4, -0.2) is 42.9 Å². The first-order valence-corrected chi connectivity index (χ1v) is 14.0. The second-order valence-electron chi connectivity index (χ2n) is 8.39. The summed E-state index contributed by atoms with van der Waals surface area (Å²) >= 11 is 0. The van der Waals surface area contributed by atoms with Crippen LogP contribution in [0, 0.1) is 6.92 Å². The molecule has 0 radical (unpaired) electrons. The third kappa shape index (κ3) is 5.86. The summed E-state index contributed by atoms with van der Waals surface area (Å²) < 4.78 is 60.5. The Hall–Kier alpha value is -3.41. The SMILES string of the molecule is COc1ccc(S(=O)(=O)NC(C)C)cc1NC(=O)c1ccccc1N(C)S(=O)(=O)c1ccc(C)cc1. The number of amides is 1. The molecule has 0 heterocycles. The second-order valence-corrected chi connectivity index (χ2v) is 12.1. The van der Waals surface area contributed by atoms with Crippen molar-refractivity contribution < 1.29 is 26.4 Å². The summed E-state index contributed by atoms with van der Waals surface area (Å²) in [5.41, 5.74) is 1.26. The minimum Gasteiger partial charge on any atom is -0.495 e. The number of anilines is 2. The molecule has 9 nitrogen and oxygen atoms in total. The van der Waals surface area contributed by atoms with E-state index in [0.29, 0.717) is 0 Å². The Kier molecular flexibility index (Phi) is 8.07. The van der Waals surface area contributed by atoms with Gasteiger partial charge in [-0.25, -0.2) is 21.6 Å². The molecule has 0 saturated heterocycles. The van der Waals surface area contributed by atoms with Crippen LogP contribution in [0.2, 0.25) is 0 Å². The molecule has 0 saturated carbocycles. The molecule has 0 bridgehead atoms. The summed E-state index contributed by atoms with van der Waals surface area (Å²) in [4.78, 5) is 13.3. The van der Waals surface area contributed by atoms with E-state index in [1.807, 2.05) is 6.92 Å². The predicted octanol–water partition coefficient (Wildman–Crippen LogP) is 3.77. The number of para-hydroxylation sites is 1. The maximum Gasteiger partial charge on any atom is 0.264 e. The fraction of sp³-hybridized carbons (Fsp3) is 0.240. The summed E-state index contributed by atoms with van der Waals surface area (Å²) in [6.07, 6.45) is 0. The van der Waals surface area contributed by atoms with E-state index in [9.17, 15) is 21.6 Å². The molecule has 3 aromatic rings. The summed E-state index contributed by atoms with van der Waals surface area (Å²) in [5.74, 6) is -0.397. The van der Waals surface area contributed by atoms with Gasteiger partial charge in [0.05, 0.1) is 33.8 Å². The first-order valence-electron chi connectivity index (χ1n) is 11.0. The first kappa shape index (κ1) is 27.2. The van der Waals surface area contributed by atoms with Crippen molar-refractivity contribution in [3.63, 3.8) is 0 Å². The molecule has 0 aliphatic carbocycles. The van der Waals surface area contributed by atoms with E-state index < -0.39 is 26.0 Å². The van der Waals surface area contributed by atoms with E-state index in [0.717, 1.165) is 9.87 Å². The zero-order valence-corrected chi connectivity index (χ0v) is 22.3. The third-order valence-electron chi connectivity index (χ3n) is 5.29. The number of ether oxygens (including phenoxy) is 1. The number of methoxy groups -OCH3 is 1. The van der Waals surface area contributed by atoms with Gasteiger partial charge in [0.2, 0.25) is 10.0 Å². The molecule has 2 N–H and O–H groups in total. The monoisotopic (exact) mass is 531 g/mol. The number of carbonyl (C=O) groups is 1. The van der Waals surface area contributed by atoms with Crippen LogP contribution in [-0.2, 0) is 20.0 Å². The molecule has 0 aliphatic rings. The number of sulfonamides is 2. The third-order valence-corrected chi connectivity index (χ3v) is 8.73. The average molecular weight is 532 g/mol. The highest BCUT2D eigenvalue weighted by Crippen LogP contribution is 2.30. The zero-order valence-electron chi connectivity index (χ0n) is 20.6. The predicted molar refractivity (Wildman–Crippen MR) is 140 cm³/mol. The number of rotatable bonds is 9. The molecule has 0 atom stereocenters. The van der Waals surface area contributed by atoms with Crippen LogP contribution in [0.4, 0.5) is 11.4 Å². The van der Waals surface area contributed by atoms with Crippen molar-refractivity contribution in [2.75, 3.05) is 23.8 Å². The Morgan fingerprint density at radius 2 is 1.53 bits per heavy atom. The lowest BCUT2D eigenvalue weighted by atomic mass is 10.1. The normalized spacial score (nSPS) is 11.8. The number of carbonyl (C=O) groups excluding carboxylic acids is 1. The standard InChI is InChI=1S/C25H29N3O6S2/c1-17(2)27-35(30,31)20-14-15-24(34-5)22(16-20)26-25(29)21-8-6-7-9-23(21)28(4)36(32,33)19-12-10-18(3)11-13-19/h6-17,27H,1-5H3,(H,26,29). The highest BCUT2D eigenvalue weighted by Gasteiger charge is 2.26. The topological polar surface area (TPSA) is 122 Å². The van der Waals surface area contributed by atoms with Crippen LogP contribution in [0.15, 0.2) is 76.5 Å². The quantitative estimate of drug-likeness (QED) is 0.434. The maximum absolute atomic E-state index is 13.3. The number of nitrogens with one attached hydrogen (secondary N) is 2. The van der Waals surface area contributed by atoms with Crippen LogP contribution < -0.4 is 19.1 Å². The van der Waals surface area contributed by atoms with Gasteiger partial charge >= 0.3 is 0 Å². The Bertz CT molecular complexity index is 1470. The summed E-state index contributed by atoms with van der Waals surface area (Å²) in [7, 11) is -5.02. The minimum absolute atomic E-state index is 0.0559. The van der Waals surface area contributed by atoms with Crippen molar-refractivity contribution in [1.82, 2.24) is 4.72 Å². The zero-order chi connectivity index (χ0) is 26.7. The van der Waals surface area contributed by atoms with Gasteiger partial charge in [-0.05, 0) is 63.2 Å². The fourth-order valence-corrected chi connectivity index (χ4v) is 5.95. The molecule has 0 aromatic heterocycles. The van der Waals surface area contributed by atoms with Gasteiger partial charge in [-0.3, -0.25) is 9.10 Å². The van der Waals surface area contributed by atoms with E-state index in [-0.39, 0.29) is 38.5 Å². The number of hydrogen-bond acceptors (Lipinski definition) is 6. The molecule has 0 aliphatic heterocycles. The maximum atomic E-state index is 13.3. The van der Waals surface area contributed by atoms with E-state index in [1.165, 1.54) is 56.6 Å². The highest BCUT2D eigenvalue weighted by atomic mass is 32.2. The molecule has 3 aromatic carbocycles. The van der Waals surface area contributed by atoms with Crippen LogP contribution >= 0.6 is 0 Å². The molecular weight excluding hydrogens is 502 g/mol. The lowest BCUT2D eigenvalue weighted by molar-refractivity contribution is 0.102. The molecule has 1 amide bonds. The van der Waals surface area contributed by atoms with Gasteiger partial charge in [0.25, 0.3) is 15.9 Å². The molecule has 3 rings (SSSR count). The molecular formula is C25H29N3O6S2. The van der Waals surface area contributed by atoms with Gasteiger partial charge in [-0.15, -0.1) is 0 Å². The van der Waals surface area contributed by atoms with Gasteiger partial charge < -0.3 is 10.1 Å². The number of benzene rings is 3. The van der Waals surface area contributed by atoms with Gasteiger partial charge in [0.1, 0.15) is 5.75 Å². The van der Waals surface area contributed by atoms with Crippen molar-refractivity contribution in [3.8, 4) is 5.75 Å². The number of hydrogen-bond donors (Lipinski definition) is 2. The van der Waals surface area contributed by atoms with Crippen molar-refractivity contribution in [3.05, 3.63) is 77.9 Å². The molecule has 0 fully saturated rings. The minimum atomic E-state index is -3.95. The van der Waals surface area contributed by atoms with Crippen LogP contribution in [0.5, 0.6) is 5.75 Å². The van der Waals surface area contributed by atoms with Crippen molar-refractivity contribution in [1.29, 1.82) is 0 Å². The van der Waals surface area contributed by atoms with Gasteiger partial charge in [-0.2, -0.15) is 0 Å². The van der Waals surface area contributed by atoms with Crippen molar-refractivity contribution in [2.45, 2.75) is 36.6 Å². The number of nitrogens with zero attached hydrogens (tertiary/aromatic N) is 1. The van der Waals surface area contributed by atoms with Crippen LogP contribution in [0.1, 0.15) is 29.8 Å². The molecule has 0 unspecified atom stereocenters. The molecule has 36 heavy (non-hydrogen) atoms. The number of aryl methyl sites for hydroxylation is 1. The molecule has 11 heteroatoms. The van der Waals surface area contributed by atoms with E-state index in [1.54, 1.807) is 38.1 Å². The van der Waals surface area contributed by atoms with Crippen LogP contribution in [0.3, 0.4) is 0 Å². The highest BCUT2D eigenvalue weighted by molar-refractivity contribution is 7.92. The lowest BCUT2D eigenvalue weighted by Crippen LogP contribution is -2.30. The van der Waals surface area contributed by atoms with Gasteiger partial charge in [0.15, 0.2) is 0 Å². The Labute approximate surface area is 212 Å². The van der Waals surface area contributed by atoms with Gasteiger partial charge in [-0.1, -0.05) is 29.8 Å². The summed E-state index contributed by atoms with van der Waals surface area (Å²) in [6, 6.07) is 16.4. The van der Waals surface area contributed by atoms with Crippen molar-refractivity contribution in [2.24, 2.45) is 0 Å². The Morgan fingerprint density at radius 3 is 2.14 bits per heavy atom. The summed E-state index contributed by atoms with van der Waals surface area (Å²) in [6.45, 7) is 5.25. The molecule has 192 valence electrons. The first-order chi connectivity index (χ1) is 16.9. The Morgan fingerprint density at radius 1 is 0.917 bits per heavy atom. The smallest absolute Gasteiger partial charge is 0.264 e. The van der Waals surface area contributed by atoms with E-state index in [2.05, 4.69) is 10.0 Å². The largest absolute Gasteiger partial charge is 0.495 e. The Balaban J connectivity index is 1.98. The van der Waals surface area contributed by atoms with Crippen LogP contribution in [0.25, 0.3) is 0 Å². The van der Waals surface area contributed by atoms with E-state index >= 15 is 0 Å². The van der Waals surface area contributed by atoms with Gasteiger partial charge in [0, 0.05) is 13.1 Å². The average Bonchev–Trinajstić information content (AvgIpc) is 2.83. The van der Waals surface area contributed by atoms with Crippen molar-refractivity contribution >= 4 is 37.3 Å². The summed E-state index contributed by atoms with van der Waals surface area (Å²) in [5, 5.41) is 2.66. The second kappa shape index (κ2) is 10.7. The van der Waals surface area contributed by atoms with E-state index in [4.69, 9.17) is 4.74 Å². The molecule has 0 spiro atoms. The lowest BCUT2D eigenvalue weighted by Gasteiger charge is -2.22. The fourth-order valence-electron chi connectivity index (χ4n) is 3.46.